The number of morpholine rings is 1. The third-order valence-corrected chi connectivity index (χ3v) is 9.43. The Morgan fingerprint density at radius 2 is 1.62 bits per heavy atom. The average molecular weight is 608 g/mol. The Balaban J connectivity index is 1.05. The fourth-order valence-electron chi connectivity index (χ4n) is 6.44. The van der Waals surface area contributed by atoms with E-state index in [-0.39, 0.29) is 16.7 Å². The summed E-state index contributed by atoms with van der Waals surface area (Å²) in [5.41, 5.74) is 7.85. The Morgan fingerprint density at radius 3 is 2.38 bits per heavy atom. The zero-order chi connectivity index (χ0) is 31.6. The standard InChI is InChI=1S/C37H45N5O3/c1-25-19-30-31(37(4,5)13-12-36(30,2)3)22-28(25)21-29-9-10-32(45-29)34(43)39-23-26-7-6-8-27(20-26)24-40-35-38-14-11-33(41-35)42-15-17-44-18-16-42/h6-11,14,19-20,22H,12-13,15-18,21,23-24H2,1-5H3,(H,39,43)(H,38,40,41). The number of carbonyl (C=O) groups is 1. The van der Waals surface area contributed by atoms with Crippen LogP contribution in [0.5, 0.6) is 0 Å². The van der Waals surface area contributed by atoms with Crippen LogP contribution in [0.25, 0.3) is 0 Å². The second-order valence-electron chi connectivity index (χ2n) is 13.7. The predicted molar refractivity (Wildman–Crippen MR) is 178 cm³/mol. The van der Waals surface area contributed by atoms with Gasteiger partial charge in [-0.3, -0.25) is 4.79 Å². The van der Waals surface area contributed by atoms with E-state index < -0.39 is 0 Å². The van der Waals surface area contributed by atoms with E-state index in [0.717, 1.165) is 35.8 Å². The Hall–Kier alpha value is -4.17. The van der Waals surface area contributed by atoms with Gasteiger partial charge in [0, 0.05) is 38.8 Å². The van der Waals surface area contributed by atoms with Crippen molar-refractivity contribution in [1.29, 1.82) is 0 Å². The number of hydrogen-bond acceptors (Lipinski definition) is 7. The van der Waals surface area contributed by atoms with Crippen LogP contribution < -0.4 is 15.5 Å². The summed E-state index contributed by atoms with van der Waals surface area (Å²) in [5, 5.41) is 6.34. The molecular weight excluding hydrogens is 562 g/mol. The van der Waals surface area contributed by atoms with Crippen LogP contribution in [0.2, 0.25) is 0 Å². The second-order valence-corrected chi connectivity index (χ2v) is 13.7. The van der Waals surface area contributed by atoms with Crippen molar-refractivity contribution in [2.45, 2.75) is 77.8 Å². The summed E-state index contributed by atoms with van der Waals surface area (Å²) < 4.78 is 11.5. The van der Waals surface area contributed by atoms with Gasteiger partial charge >= 0.3 is 0 Å². The predicted octanol–water partition coefficient (Wildman–Crippen LogP) is 6.70. The minimum atomic E-state index is -0.219. The van der Waals surface area contributed by atoms with Crippen molar-refractivity contribution in [3.05, 3.63) is 106 Å². The SMILES string of the molecule is Cc1cc2c(cc1Cc1ccc(C(=O)NCc3cccc(CNc4nccc(N5CCOCC5)n4)c3)o1)C(C)(C)CCC2(C)C. The molecule has 8 heteroatoms. The molecule has 1 aliphatic carbocycles. The number of hydrogen-bond donors (Lipinski definition) is 2. The van der Waals surface area contributed by atoms with Gasteiger partial charge < -0.3 is 24.7 Å². The molecule has 6 rings (SSSR count). The molecule has 1 amide bonds. The van der Waals surface area contributed by atoms with E-state index in [9.17, 15) is 4.79 Å². The molecule has 8 nitrogen and oxygen atoms in total. The number of rotatable bonds is 9. The number of anilines is 2. The highest BCUT2D eigenvalue weighted by Crippen LogP contribution is 2.46. The van der Waals surface area contributed by atoms with Gasteiger partial charge in [0.25, 0.3) is 5.91 Å². The molecule has 0 saturated carbocycles. The van der Waals surface area contributed by atoms with Crippen molar-refractivity contribution in [2.24, 2.45) is 0 Å². The summed E-state index contributed by atoms with van der Waals surface area (Å²) in [6, 6.07) is 18.5. The molecule has 0 bridgehead atoms. The Bertz CT molecular complexity index is 1670. The first-order valence-electron chi connectivity index (χ1n) is 16.1. The largest absolute Gasteiger partial charge is 0.456 e. The van der Waals surface area contributed by atoms with Crippen molar-refractivity contribution in [2.75, 3.05) is 36.5 Å². The summed E-state index contributed by atoms with van der Waals surface area (Å²) in [6.07, 6.45) is 4.82. The van der Waals surface area contributed by atoms with Crippen molar-refractivity contribution >= 4 is 17.7 Å². The highest BCUT2D eigenvalue weighted by molar-refractivity contribution is 5.91. The third kappa shape index (κ3) is 7.06. The maximum absolute atomic E-state index is 13.0. The molecule has 45 heavy (non-hydrogen) atoms. The van der Waals surface area contributed by atoms with Crippen LogP contribution in [0.3, 0.4) is 0 Å². The molecule has 4 aromatic rings. The van der Waals surface area contributed by atoms with Crippen molar-refractivity contribution in [3.63, 3.8) is 0 Å². The van der Waals surface area contributed by atoms with Crippen LogP contribution in [-0.4, -0.2) is 42.2 Å². The lowest BCUT2D eigenvalue weighted by atomic mass is 9.62. The van der Waals surface area contributed by atoms with Gasteiger partial charge in [-0.25, -0.2) is 4.98 Å². The number of carbonyl (C=O) groups excluding carboxylic acids is 1. The molecule has 2 N–H and O–H groups in total. The zero-order valence-corrected chi connectivity index (χ0v) is 27.2. The fourth-order valence-corrected chi connectivity index (χ4v) is 6.44. The summed E-state index contributed by atoms with van der Waals surface area (Å²) >= 11 is 0. The van der Waals surface area contributed by atoms with Crippen LogP contribution in [-0.2, 0) is 35.1 Å². The molecular formula is C37H45N5O3. The number of amides is 1. The van der Waals surface area contributed by atoms with Crippen molar-refractivity contribution in [1.82, 2.24) is 15.3 Å². The van der Waals surface area contributed by atoms with Gasteiger partial charge in [0.1, 0.15) is 11.6 Å². The molecule has 0 radical (unpaired) electrons. The van der Waals surface area contributed by atoms with Gasteiger partial charge in [0.05, 0.1) is 13.2 Å². The summed E-state index contributed by atoms with van der Waals surface area (Å²) in [5.74, 6) is 2.40. The number of fused-ring (bicyclic) bond motifs is 1. The first-order chi connectivity index (χ1) is 21.6. The van der Waals surface area contributed by atoms with Gasteiger partial charge in [-0.1, -0.05) is 64.1 Å². The van der Waals surface area contributed by atoms with Gasteiger partial charge in [0.2, 0.25) is 5.95 Å². The van der Waals surface area contributed by atoms with Crippen molar-refractivity contribution < 1.29 is 13.9 Å². The summed E-state index contributed by atoms with van der Waals surface area (Å²) in [7, 11) is 0. The average Bonchev–Trinajstić information content (AvgIpc) is 3.51. The van der Waals surface area contributed by atoms with Gasteiger partial charge in [0.15, 0.2) is 5.76 Å². The highest BCUT2D eigenvalue weighted by Gasteiger charge is 2.37. The second kappa shape index (κ2) is 12.7. The molecule has 1 saturated heterocycles. The van der Waals surface area contributed by atoms with E-state index in [4.69, 9.17) is 9.15 Å². The van der Waals surface area contributed by atoms with E-state index in [0.29, 0.717) is 44.4 Å². The maximum atomic E-state index is 13.0. The Kier molecular flexibility index (Phi) is 8.69. The number of aryl methyl sites for hydroxylation is 1. The fraction of sp³-hybridized carbons (Fsp3) is 0.432. The number of furan rings is 1. The molecule has 0 spiro atoms. The molecule has 3 heterocycles. The molecule has 2 aliphatic rings. The summed E-state index contributed by atoms with van der Waals surface area (Å²) in [4.78, 5) is 24.3. The van der Waals surface area contributed by atoms with Crippen molar-refractivity contribution in [3.8, 4) is 0 Å². The normalized spacial score (nSPS) is 17.0. The number of benzene rings is 2. The maximum Gasteiger partial charge on any atom is 0.287 e. The van der Waals surface area contributed by atoms with Crippen LogP contribution in [0.1, 0.15) is 90.2 Å². The van der Waals surface area contributed by atoms with E-state index in [1.54, 1.807) is 12.3 Å². The molecule has 236 valence electrons. The highest BCUT2D eigenvalue weighted by atomic mass is 16.5. The van der Waals surface area contributed by atoms with Gasteiger partial charge in [-0.05, 0) is 82.2 Å². The van der Waals surface area contributed by atoms with Crippen LogP contribution >= 0.6 is 0 Å². The van der Waals surface area contributed by atoms with Gasteiger partial charge in [-0.15, -0.1) is 0 Å². The quantitative estimate of drug-likeness (QED) is 0.219. The first kappa shape index (κ1) is 30.8. The van der Waals surface area contributed by atoms with E-state index in [1.807, 2.05) is 30.3 Å². The molecule has 2 aromatic carbocycles. The van der Waals surface area contributed by atoms with E-state index in [1.165, 1.54) is 35.1 Å². The van der Waals surface area contributed by atoms with Crippen LogP contribution in [0, 0.1) is 6.92 Å². The minimum absolute atomic E-state index is 0.150. The Morgan fingerprint density at radius 1 is 0.911 bits per heavy atom. The first-order valence-corrected chi connectivity index (χ1v) is 16.1. The smallest absolute Gasteiger partial charge is 0.287 e. The lowest BCUT2D eigenvalue weighted by molar-refractivity contribution is 0.0921. The zero-order valence-electron chi connectivity index (χ0n) is 27.2. The minimum Gasteiger partial charge on any atom is -0.456 e. The van der Waals surface area contributed by atoms with Gasteiger partial charge in [-0.2, -0.15) is 4.98 Å². The molecule has 0 atom stereocenters. The van der Waals surface area contributed by atoms with Crippen LogP contribution in [0.4, 0.5) is 11.8 Å². The lowest BCUT2D eigenvalue weighted by Crippen LogP contribution is -2.36. The lowest BCUT2D eigenvalue weighted by Gasteiger charge is -2.42. The Labute approximate surface area is 266 Å². The molecule has 1 aliphatic heterocycles. The summed E-state index contributed by atoms with van der Waals surface area (Å²) in [6.45, 7) is 15.6. The number of nitrogens with one attached hydrogen (secondary N) is 2. The third-order valence-electron chi connectivity index (χ3n) is 9.43. The molecule has 1 fully saturated rings. The monoisotopic (exact) mass is 607 g/mol. The number of nitrogens with zero attached hydrogens (tertiary/aromatic N) is 3. The topological polar surface area (TPSA) is 92.5 Å². The van der Waals surface area contributed by atoms with E-state index in [2.05, 4.69) is 78.3 Å². The van der Waals surface area contributed by atoms with E-state index >= 15 is 0 Å². The number of aromatic nitrogens is 2. The number of ether oxygens (including phenoxy) is 1. The van der Waals surface area contributed by atoms with Crippen LogP contribution in [0.15, 0.2) is 65.2 Å². The molecule has 0 unspecified atom stereocenters. The molecule has 2 aromatic heterocycles.